The largest absolute Gasteiger partial charge is 0.395 e. The fourth-order valence-electron chi connectivity index (χ4n) is 4.20. The third-order valence-corrected chi connectivity index (χ3v) is 5.77. The van der Waals surface area contributed by atoms with Crippen molar-refractivity contribution in [2.75, 3.05) is 43.1 Å². The van der Waals surface area contributed by atoms with Crippen molar-refractivity contribution in [2.45, 2.75) is 19.3 Å². The maximum Gasteiger partial charge on any atom is 0.282 e. The van der Waals surface area contributed by atoms with Crippen LogP contribution in [0.2, 0.25) is 0 Å². The quantitative estimate of drug-likeness (QED) is 0.749. The van der Waals surface area contributed by atoms with Gasteiger partial charge in [0.1, 0.15) is 5.70 Å². The highest BCUT2D eigenvalue weighted by molar-refractivity contribution is 6.45. The van der Waals surface area contributed by atoms with Gasteiger partial charge in [0.25, 0.3) is 11.8 Å². The zero-order chi connectivity index (χ0) is 21.1. The molecule has 0 bridgehead atoms. The van der Waals surface area contributed by atoms with Gasteiger partial charge in [-0.25, -0.2) is 4.90 Å². The molecule has 0 radical (unpaired) electrons. The van der Waals surface area contributed by atoms with Crippen LogP contribution in [0, 0.1) is 0 Å². The van der Waals surface area contributed by atoms with E-state index in [-0.39, 0.29) is 25.0 Å². The minimum absolute atomic E-state index is 0.103. The second-order valence-corrected chi connectivity index (χ2v) is 7.74. The van der Waals surface area contributed by atoms with Gasteiger partial charge in [0.05, 0.1) is 17.9 Å². The van der Waals surface area contributed by atoms with Crippen molar-refractivity contribution in [1.82, 2.24) is 4.90 Å². The number of carbonyl (C=O) groups excluding carboxylic acids is 2. The highest BCUT2D eigenvalue weighted by Crippen LogP contribution is 2.35. The molecule has 2 heterocycles. The number of aliphatic hydroxyl groups is 1. The van der Waals surface area contributed by atoms with E-state index in [0.717, 1.165) is 18.8 Å². The van der Waals surface area contributed by atoms with Crippen LogP contribution in [0.4, 0.5) is 11.4 Å². The van der Waals surface area contributed by atoms with Crippen LogP contribution in [0.25, 0.3) is 5.57 Å². The number of rotatable bonds is 6. The molecule has 1 saturated heterocycles. The topological polar surface area (TPSA) is 64.1 Å². The van der Waals surface area contributed by atoms with Gasteiger partial charge in [-0.2, -0.15) is 0 Å². The molecule has 2 aromatic carbocycles. The van der Waals surface area contributed by atoms with E-state index < -0.39 is 0 Å². The van der Waals surface area contributed by atoms with Crippen molar-refractivity contribution in [3.63, 3.8) is 0 Å². The van der Waals surface area contributed by atoms with Gasteiger partial charge in [0, 0.05) is 32.4 Å². The minimum atomic E-state index is -0.361. The second kappa shape index (κ2) is 8.71. The summed E-state index contributed by atoms with van der Waals surface area (Å²) in [4.78, 5) is 31.9. The fraction of sp³-hybridized carbons (Fsp3) is 0.333. The summed E-state index contributed by atoms with van der Waals surface area (Å²) in [6.45, 7) is 2.24. The van der Waals surface area contributed by atoms with E-state index in [9.17, 15) is 14.7 Å². The number of likely N-dealkylation sites (N-methyl/N-ethyl adjacent to an activating group) is 1. The third-order valence-electron chi connectivity index (χ3n) is 5.77. The first-order valence-electron chi connectivity index (χ1n) is 10.5. The maximum absolute atomic E-state index is 13.4. The zero-order valence-electron chi connectivity index (χ0n) is 17.3. The molecule has 6 nitrogen and oxygen atoms in total. The number of carbonyl (C=O) groups is 2. The number of hydrogen-bond acceptors (Lipinski definition) is 5. The maximum atomic E-state index is 13.4. The Bertz CT molecular complexity index is 947. The van der Waals surface area contributed by atoms with Gasteiger partial charge in [0.15, 0.2) is 0 Å². The van der Waals surface area contributed by atoms with Crippen LogP contribution in [0.1, 0.15) is 24.8 Å². The lowest BCUT2D eigenvalue weighted by atomic mass is 10.0. The first-order chi connectivity index (χ1) is 14.6. The molecule has 1 N–H and O–H groups in total. The molecule has 2 aliphatic rings. The van der Waals surface area contributed by atoms with Gasteiger partial charge in [-0.1, -0.05) is 30.3 Å². The monoisotopic (exact) mass is 405 g/mol. The lowest BCUT2D eigenvalue weighted by molar-refractivity contribution is -0.120. The van der Waals surface area contributed by atoms with E-state index >= 15 is 0 Å². The number of anilines is 2. The molecule has 4 rings (SSSR count). The molecule has 0 atom stereocenters. The number of amides is 2. The summed E-state index contributed by atoms with van der Waals surface area (Å²) in [5, 5.41) is 9.36. The van der Waals surface area contributed by atoms with E-state index in [1.165, 1.54) is 24.2 Å². The van der Waals surface area contributed by atoms with Crippen molar-refractivity contribution in [3.05, 3.63) is 65.9 Å². The van der Waals surface area contributed by atoms with Gasteiger partial charge in [-0.05, 0) is 49.1 Å². The number of hydrogen-bond donors (Lipinski definition) is 1. The molecule has 1 fully saturated rings. The highest BCUT2D eigenvalue weighted by Gasteiger charge is 2.41. The van der Waals surface area contributed by atoms with Crippen LogP contribution < -0.4 is 9.80 Å². The Kier molecular flexibility index (Phi) is 5.86. The molecule has 0 saturated carbocycles. The normalized spacial score (nSPS) is 17.1. The number of aliphatic hydroxyl groups excluding tert-OH is 1. The van der Waals surface area contributed by atoms with E-state index in [0.29, 0.717) is 22.5 Å². The summed E-state index contributed by atoms with van der Waals surface area (Å²) in [5.74, 6) is -0.697. The molecule has 2 amide bonds. The summed E-state index contributed by atoms with van der Waals surface area (Å²) in [6, 6.07) is 16.9. The van der Waals surface area contributed by atoms with Crippen molar-refractivity contribution in [2.24, 2.45) is 0 Å². The Labute approximate surface area is 177 Å². The molecular weight excluding hydrogens is 378 g/mol. The SMILES string of the molecule is CN(CCO)C1=C(c2ccccc2)C(=O)N(c2ccc(N3CCCCC3)cc2)C1=O. The van der Waals surface area contributed by atoms with Gasteiger partial charge >= 0.3 is 0 Å². The first-order valence-corrected chi connectivity index (χ1v) is 10.5. The molecule has 156 valence electrons. The van der Waals surface area contributed by atoms with Gasteiger partial charge in [0.2, 0.25) is 0 Å². The van der Waals surface area contributed by atoms with Gasteiger partial charge < -0.3 is 14.9 Å². The number of nitrogens with zero attached hydrogens (tertiary/aromatic N) is 3. The molecule has 0 spiro atoms. The fourth-order valence-corrected chi connectivity index (χ4v) is 4.20. The third kappa shape index (κ3) is 3.71. The molecule has 30 heavy (non-hydrogen) atoms. The van der Waals surface area contributed by atoms with E-state index in [4.69, 9.17) is 0 Å². The molecule has 2 aliphatic heterocycles. The van der Waals surface area contributed by atoms with Crippen LogP contribution in [0.15, 0.2) is 60.3 Å². The lowest BCUT2D eigenvalue weighted by Crippen LogP contribution is -2.35. The predicted molar refractivity (Wildman–Crippen MR) is 118 cm³/mol. The Hall–Kier alpha value is -3.12. The molecule has 0 aromatic heterocycles. The standard InChI is InChI=1S/C24H27N3O3/c1-25(16-17-28)22-21(18-8-4-2-5-9-18)23(29)27(24(22)30)20-12-10-19(11-13-20)26-14-6-3-7-15-26/h2,4-5,8-13,28H,3,6-7,14-17H2,1H3. The van der Waals surface area contributed by atoms with Crippen molar-refractivity contribution >= 4 is 28.8 Å². The number of benzene rings is 2. The highest BCUT2D eigenvalue weighted by atomic mass is 16.3. The average Bonchev–Trinajstić information content (AvgIpc) is 3.05. The van der Waals surface area contributed by atoms with Crippen LogP contribution in [0.3, 0.4) is 0 Å². The van der Waals surface area contributed by atoms with Crippen molar-refractivity contribution in [3.8, 4) is 0 Å². The van der Waals surface area contributed by atoms with Gasteiger partial charge in [-0.3, -0.25) is 9.59 Å². The van der Waals surface area contributed by atoms with Crippen molar-refractivity contribution < 1.29 is 14.7 Å². The molecule has 2 aromatic rings. The van der Waals surface area contributed by atoms with Crippen LogP contribution in [-0.4, -0.2) is 55.1 Å². The molecule has 0 unspecified atom stereocenters. The van der Waals surface area contributed by atoms with Crippen LogP contribution in [-0.2, 0) is 9.59 Å². The average molecular weight is 405 g/mol. The first kappa shape index (κ1) is 20.2. The van der Waals surface area contributed by atoms with E-state index in [2.05, 4.69) is 4.90 Å². The predicted octanol–water partition coefficient (Wildman–Crippen LogP) is 2.89. The Morgan fingerprint density at radius 1 is 0.867 bits per heavy atom. The van der Waals surface area contributed by atoms with Crippen LogP contribution >= 0.6 is 0 Å². The summed E-state index contributed by atoms with van der Waals surface area (Å²) in [6.07, 6.45) is 3.65. The Balaban J connectivity index is 1.67. The summed E-state index contributed by atoms with van der Waals surface area (Å²) in [5.41, 5.74) is 3.07. The zero-order valence-corrected chi connectivity index (χ0v) is 17.3. The summed E-state index contributed by atoms with van der Waals surface area (Å²) >= 11 is 0. The Morgan fingerprint density at radius 3 is 2.13 bits per heavy atom. The van der Waals surface area contributed by atoms with Gasteiger partial charge in [-0.15, -0.1) is 0 Å². The number of imide groups is 1. The summed E-state index contributed by atoms with van der Waals surface area (Å²) in [7, 11) is 1.72. The van der Waals surface area contributed by atoms with E-state index in [1.807, 2.05) is 54.6 Å². The molecule has 0 aliphatic carbocycles. The second-order valence-electron chi connectivity index (χ2n) is 7.74. The van der Waals surface area contributed by atoms with E-state index in [1.54, 1.807) is 11.9 Å². The lowest BCUT2D eigenvalue weighted by Gasteiger charge is -2.29. The molecular formula is C24H27N3O3. The van der Waals surface area contributed by atoms with Crippen molar-refractivity contribution in [1.29, 1.82) is 0 Å². The Morgan fingerprint density at radius 2 is 1.50 bits per heavy atom. The summed E-state index contributed by atoms with van der Waals surface area (Å²) < 4.78 is 0. The minimum Gasteiger partial charge on any atom is -0.395 e. The smallest absolute Gasteiger partial charge is 0.282 e. The number of piperidine rings is 1. The van der Waals surface area contributed by atoms with Crippen LogP contribution in [0.5, 0.6) is 0 Å². The molecule has 6 heteroatoms.